The van der Waals surface area contributed by atoms with Gasteiger partial charge < -0.3 is 4.74 Å². The maximum atomic E-state index is 13.3. The normalized spacial score (nSPS) is 13.9. The summed E-state index contributed by atoms with van der Waals surface area (Å²) in [7, 11) is -3.66. The second kappa shape index (κ2) is 6.46. The van der Waals surface area contributed by atoms with Crippen LogP contribution in [0.1, 0.15) is 16.7 Å². The molecule has 130 valence electrons. The van der Waals surface area contributed by atoms with Gasteiger partial charge in [-0.2, -0.15) is 0 Å². The largest absolute Gasteiger partial charge is 0.487 e. The van der Waals surface area contributed by atoms with Crippen molar-refractivity contribution in [3.05, 3.63) is 100 Å². The molecule has 0 fully saturated rings. The van der Waals surface area contributed by atoms with Gasteiger partial charge in [-0.25, -0.2) is 8.42 Å². The van der Waals surface area contributed by atoms with Gasteiger partial charge in [0.1, 0.15) is 12.4 Å². The second-order valence-corrected chi connectivity index (χ2v) is 8.24. The van der Waals surface area contributed by atoms with Crippen molar-refractivity contribution >= 4 is 15.4 Å². The average Bonchev–Trinajstić information content (AvgIpc) is 2.68. The molecule has 26 heavy (non-hydrogen) atoms. The zero-order valence-corrected chi connectivity index (χ0v) is 15.2. The summed E-state index contributed by atoms with van der Waals surface area (Å²) in [6.45, 7) is 2.01. The number of hydrogen-bond donors (Lipinski definition) is 0. The molecule has 0 atom stereocenters. The number of hydrogen-bond acceptors (Lipinski definition) is 3. The molecule has 3 aromatic carbocycles. The van der Waals surface area contributed by atoms with Crippen molar-refractivity contribution < 1.29 is 13.2 Å². The van der Waals surface area contributed by atoms with Crippen LogP contribution in [-0.2, 0) is 9.84 Å². The Morgan fingerprint density at radius 3 is 2.19 bits per heavy atom. The molecule has 0 amide bonds. The van der Waals surface area contributed by atoms with E-state index < -0.39 is 9.84 Å². The summed E-state index contributed by atoms with van der Waals surface area (Å²) in [5, 5.41) is 0. The minimum absolute atomic E-state index is 0.0253. The molecule has 0 spiro atoms. The van der Waals surface area contributed by atoms with Gasteiger partial charge in [-0.1, -0.05) is 60.2 Å². The number of ether oxygens (including phenoxy) is 1. The third-order valence-electron chi connectivity index (χ3n) is 4.48. The van der Waals surface area contributed by atoms with Crippen LogP contribution >= 0.6 is 0 Å². The van der Waals surface area contributed by atoms with E-state index in [0.29, 0.717) is 10.7 Å². The van der Waals surface area contributed by atoms with Crippen LogP contribution in [0.4, 0.5) is 0 Å². The molecule has 3 nitrogen and oxygen atoms in total. The number of sulfone groups is 1. The van der Waals surface area contributed by atoms with Gasteiger partial charge in [0, 0.05) is 11.1 Å². The topological polar surface area (TPSA) is 43.4 Å². The van der Waals surface area contributed by atoms with Gasteiger partial charge in [0.15, 0.2) is 0 Å². The van der Waals surface area contributed by atoms with Crippen LogP contribution in [0.2, 0.25) is 0 Å². The fourth-order valence-corrected chi connectivity index (χ4v) is 4.72. The van der Waals surface area contributed by atoms with Crippen LogP contribution in [0.15, 0.2) is 88.7 Å². The van der Waals surface area contributed by atoms with Crippen LogP contribution < -0.4 is 4.74 Å². The molecule has 0 saturated carbocycles. The number of aryl methyl sites for hydroxylation is 1. The number of rotatable bonds is 3. The van der Waals surface area contributed by atoms with Crippen molar-refractivity contribution in [2.24, 2.45) is 0 Å². The third kappa shape index (κ3) is 2.82. The highest BCUT2D eigenvalue weighted by molar-refractivity contribution is 7.95. The van der Waals surface area contributed by atoms with Crippen molar-refractivity contribution in [3.63, 3.8) is 0 Å². The molecule has 4 heteroatoms. The molecule has 0 unspecified atom stereocenters. The van der Waals surface area contributed by atoms with Crippen LogP contribution in [0, 0.1) is 6.92 Å². The highest BCUT2D eigenvalue weighted by Crippen LogP contribution is 2.41. The Bertz CT molecular complexity index is 1080. The molecule has 0 aromatic heterocycles. The lowest BCUT2D eigenvalue weighted by Gasteiger charge is -2.25. The first-order chi connectivity index (χ1) is 12.6. The SMILES string of the molecule is Cc1ccc2c(c1)C(c1ccccc1)=C(S(=O)(=O)c1ccccc1)CO2. The quantitative estimate of drug-likeness (QED) is 0.683. The summed E-state index contributed by atoms with van der Waals surface area (Å²) in [4.78, 5) is 0.580. The van der Waals surface area contributed by atoms with E-state index in [1.165, 1.54) is 0 Å². The molecule has 0 N–H and O–H groups in total. The van der Waals surface area contributed by atoms with E-state index >= 15 is 0 Å². The van der Waals surface area contributed by atoms with E-state index in [0.717, 1.165) is 22.3 Å². The minimum Gasteiger partial charge on any atom is -0.487 e. The Hall–Kier alpha value is -2.85. The monoisotopic (exact) mass is 362 g/mol. The Morgan fingerprint density at radius 2 is 1.50 bits per heavy atom. The van der Waals surface area contributed by atoms with Gasteiger partial charge in [-0.15, -0.1) is 0 Å². The predicted octanol–water partition coefficient (Wildman–Crippen LogP) is 4.62. The lowest BCUT2D eigenvalue weighted by Crippen LogP contribution is -2.19. The van der Waals surface area contributed by atoms with E-state index in [1.807, 2.05) is 61.5 Å². The Labute approximate surface area is 153 Å². The summed E-state index contributed by atoms with van der Waals surface area (Å²) >= 11 is 0. The summed E-state index contributed by atoms with van der Waals surface area (Å²) in [6.07, 6.45) is 0. The van der Waals surface area contributed by atoms with E-state index in [1.54, 1.807) is 24.3 Å². The van der Waals surface area contributed by atoms with Crippen LogP contribution in [0.5, 0.6) is 5.75 Å². The van der Waals surface area contributed by atoms with Gasteiger partial charge in [0.05, 0.1) is 9.80 Å². The lowest BCUT2D eigenvalue weighted by atomic mass is 9.94. The summed E-state index contributed by atoms with van der Waals surface area (Å²) in [5.41, 5.74) is 3.47. The molecule has 0 aliphatic carbocycles. The fourth-order valence-electron chi connectivity index (χ4n) is 3.21. The van der Waals surface area contributed by atoms with Gasteiger partial charge in [0.25, 0.3) is 0 Å². The first-order valence-corrected chi connectivity index (χ1v) is 9.88. The van der Waals surface area contributed by atoms with Crippen LogP contribution in [0.3, 0.4) is 0 Å². The number of benzene rings is 3. The molecular formula is C22H18O3S. The van der Waals surface area contributed by atoms with E-state index in [2.05, 4.69) is 0 Å². The molecule has 3 aromatic rings. The Morgan fingerprint density at radius 1 is 0.846 bits per heavy atom. The zero-order valence-electron chi connectivity index (χ0n) is 14.3. The van der Waals surface area contributed by atoms with E-state index in [9.17, 15) is 8.42 Å². The van der Waals surface area contributed by atoms with Gasteiger partial charge in [-0.3, -0.25) is 0 Å². The molecular weight excluding hydrogens is 344 g/mol. The van der Waals surface area contributed by atoms with Crippen molar-refractivity contribution in [3.8, 4) is 5.75 Å². The zero-order chi connectivity index (χ0) is 18.1. The van der Waals surface area contributed by atoms with Crippen LogP contribution in [-0.4, -0.2) is 15.0 Å². The highest BCUT2D eigenvalue weighted by atomic mass is 32.2. The minimum atomic E-state index is -3.66. The van der Waals surface area contributed by atoms with Crippen molar-refractivity contribution in [1.82, 2.24) is 0 Å². The third-order valence-corrected chi connectivity index (χ3v) is 6.35. The standard InChI is InChI=1S/C22H18O3S/c1-16-12-13-20-19(14-16)22(17-8-4-2-5-9-17)21(15-25-20)26(23,24)18-10-6-3-7-11-18/h2-14H,15H2,1H3. The molecule has 0 saturated heterocycles. The fraction of sp³-hybridized carbons (Fsp3) is 0.0909. The molecule has 1 aliphatic rings. The molecule has 1 aliphatic heterocycles. The Kier molecular flexibility index (Phi) is 4.13. The van der Waals surface area contributed by atoms with Crippen molar-refractivity contribution in [2.45, 2.75) is 11.8 Å². The summed E-state index contributed by atoms with van der Waals surface area (Å²) in [6, 6.07) is 24.0. The molecule has 0 radical (unpaired) electrons. The van der Waals surface area contributed by atoms with E-state index in [-0.39, 0.29) is 11.5 Å². The van der Waals surface area contributed by atoms with E-state index in [4.69, 9.17) is 4.74 Å². The van der Waals surface area contributed by atoms with Crippen molar-refractivity contribution in [2.75, 3.05) is 6.61 Å². The molecule has 1 heterocycles. The molecule has 0 bridgehead atoms. The first kappa shape index (κ1) is 16.6. The maximum absolute atomic E-state index is 13.3. The lowest BCUT2D eigenvalue weighted by molar-refractivity contribution is 0.352. The maximum Gasteiger partial charge on any atom is 0.206 e. The van der Waals surface area contributed by atoms with Gasteiger partial charge >= 0.3 is 0 Å². The smallest absolute Gasteiger partial charge is 0.206 e. The first-order valence-electron chi connectivity index (χ1n) is 8.40. The van der Waals surface area contributed by atoms with Gasteiger partial charge in [0.2, 0.25) is 9.84 Å². The summed E-state index contributed by atoms with van der Waals surface area (Å²) in [5.74, 6) is 0.710. The highest BCUT2D eigenvalue weighted by Gasteiger charge is 2.31. The predicted molar refractivity (Wildman–Crippen MR) is 103 cm³/mol. The van der Waals surface area contributed by atoms with Gasteiger partial charge in [-0.05, 0) is 36.8 Å². The average molecular weight is 362 g/mol. The Balaban J connectivity index is 2.03. The van der Waals surface area contributed by atoms with Crippen LogP contribution in [0.25, 0.3) is 5.57 Å². The summed E-state index contributed by atoms with van der Waals surface area (Å²) < 4.78 is 32.5. The number of fused-ring (bicyclic) bond motifs is 1. The second-order valence-electron chi connectivity index (χ2n) is 6.27. The van der Waals surface area contributed by atoms with Crippen molar-refractivity contribution in [1.29, 1.82) is 0 Å². The molecule has 4 rings (SSSR count).